The summed E-state index contributed by atoms with van der Waals surface area (Å²) in [4.78, 5) is 10.6. The minimum Gasteiger partial charge on any atom is -0.497 e. The summed E-state index contributed by atoms with van der Waals surface area (Å²) in [6.45, 7) is 0. The lowest BCUT2D eigenvalue weighted by Crippen LogP contribution is -2.40. The number of hydrogen-bond donors (Lipinski definition) is 3. The summed E-state index contributed by atoms with van der Waals surface area (Å²) in [5.74, 6) is 0.770. The molecular weight excluding hydrogens is 228 g/mol. The van der Waals surface area contributed by atoms with Crippen molar-refractivity contribution in [2.45, 2.75) is 6.42 Å². The highest BCUT2D eigenvalue weighted by Crippen LogP contribution is 2.11. The molecule has 3 N–H and O–H groups in total. The van der Waals surface area contributed by atoms with Crippen LogP contribution in [0.3, 0.4) is 0 Å². The highest BCUT2D eigenvalue weighted by atomic mass is 32.1. The number of methoxy groups -OCH3 is 1. The quantitative estimate of drug-likeness (QED) is 0.549. The molecule has 0 aliphatic carbocycles. The smallest absolute Gasteiger partial charge is 0.423 e. The Bertz CT molecular complexity index is 378. The van der Waals surface area contributed by atoms with Gasteiger partial charge in [0, 0.05) is 6.42 Å². The Labute approximate surface area is 98.4 Å². The van der Waals surface area contributed by atoms with Gasteiger partial charge in [-0.2, -0.15) is 0 Å². The number of carboxylic acid groups (broad SMARTS) is 1. The molecule has 0 saturated carbocycles. The van der Waals surface area contributed by atoms with Crippen molar-refractivity contribution in [3.63, 3.8) is 0 Å². The van der Waals surface area contributed by atoms with Crippen LogP contribution in [0.1, 0.15) is 5.56 Å². The van der Waals surface area contributed by atoms with Gasteiger partial charge in [-0.3, -0.25) is 5.43 Å². The van der Waals surface area contributed by atoms with E-state index in [0.717, 1.165) is 11.3 Å². The Morgan fingerprint density at radius 1 is 1.38 bits per heavy atom. The fourth-order valence-corrected chi connectivity index (χ4v) is 1.31. The van der Waals surface area contributed by atoms with Gasteiger partial charge < -0.3 is 9.84 Å². The summed E-state index contributed by atoms with van der Waals surface area (Å²) in [6.07, 6.45) is -0.698. The van der Waals surface area contributed by atoms with Gasteiger partial charge in [0.2, 0.25) is 0 Å². The molecule has 0 spiro atoms. The summed E-state index contributed by atoms with van der Waals surface area (Å²) in [7, 11) is 1.60. The largest absolute Gasteiger partial charge is 0.497 e. The number of hydrazine groups is 1. The Hall–Kier alpha value is -1.82. The van der Waals surface area contributed by atoms with Gasteiger partial charge in [-0.15, -0.1) is 0 Å². The first-order valence-electron chi connectivity index (χ1n) is 4.52. The van der Waals surface area contributed by atoms with Crippen LogP contribution in [0.2, 0.25) is 0 Å². The first-order chi connectivity index (χ1) is 7.61. The molecule has 0 unspecified atom stereocenters. The zero-order valence-corrected chi connectivity index (χ0v) is 9.50. The number of rotatable bonds is 3. The first kappa shape index (κ1) is 12.3. The number of benzene rings is 1. The number of amides is 1. The first-order valence-corrected chi connectivity index (χ1v) is 4.93. The third-order valence-corrected chi connectivity index (χ3v) is 2.08. The van der Waals surface area contributed by atoms with E-state index in [-0.39, 0.29) is 0 Å². The normalized spacial score (nSPS) is 9.31. The molecule has 1 amide bonds. The highest BCUT2D eigenvalue weighted by molar-refractivity contribution is 7.80. The maximum atomic E-state index is 10.2. The predicted molar refractivity (Wildman–Crippen MR) is 63.6 cm³/mol. The zero-order valence-electron chi connectivity index (χ0n) is 8.69. The van der Waals surface area contributed by atoms with E-state index in [9.17, 15) is 4.79 Å². The number of thiocarbonyl (C=S) groups is 1. The molecule has 0 saturated heterocycles. The molecule has 0 heterocycles. The van der Waals surface area contributed by atoms with E-state index in [1.54, 1.807) is 7.11 Å². The lowest BCUT2D eigenvalue weighted by molar-refractivity contribution is 0.192. The van der Waals surface area contributed by atoms with Gasteiger partial charge in [-0.25, -0.2) is 10.2 Å². The third-order valence-electron chi connectivity index (χ3n) is 1.83. The molecule has 1 aromatic rings. The van der Waals surface area contributed by atoms with E-state index >= 15 is 0 Å². The van der Waals surface area contributed by atoms with Crippen molar-refractivity contribution in [1.29, 1.82) is 0 Å². The topological polar surface area (TPSA) is 70.6 Å². The van der Waals surface area contributed by atoms with E-state index in [0.29, 0.717) is 11.4 Å². The van der Waals surface area contributed by atoms with Gasteiger partial charge in [0.25, 0.3) is 0 Å². The van der Waals surface area contributed by atoms with Crippen molar-refractivity contribution in [3.8, 4) is 5.75 Å². The van der Waals surface area contributed by atoms with Gasteiger partial charge in [0.15, 0.2) is 0 Å². The summed E-state index contributed by atoms with van der Waals surface area (Å²) < 4.78 is 5.01. The second kappa shape index (κ2) is 5.92. The average molecular weight is 240 g/mol. The molecule has 0 aromatic heterocycles. The Balaban J connectivity index is 2.46. The van der Waals surface area contributed by atoms with E-state index in [1.165, 1.54) is 0 Å². The molecule has 0 aliphatic heterocycles. The predicted octanol–water partition coefficient (Wildman–Crippen LogP) is 1.34. The molecule has 5 nitrogen and oxygen atoms in total. The van der Waals surface area contributed by atoms with Gasteiger partial charge >= 0.3 is 6.09 Å². The van der Waals surface area contributed by atoms with Crippen molar-refractivity contribution < 1.29 is 14.6 Å². The lowest BCUT2D eigenvalue weighted by atomic mass is 10.1. The highest BCUT2D eigenvalue weighted by Gasteiger charge is 2.00. The molecule has 0 atom stereocenters. The minimum atomic E-state index is -1.17. The Morgan fingerprint density at radius 3 is 2.50 bits per heavy atom. The summed E-state index contributed by atoms with van der Waals surface area (Å²) in [6, 6.07) is 7.38. The SMILES string of the molecule is COc1ccc(CC(=S)NNC(=O)O)cc1. The molecule has 1 aromatic carbocycles. The van der Waals surface area contributed by atoms with E-state index in [1.807, 2.05) is 29.7 Å². The van der Waals surface area contributed by atoms with Crippen LogP contribution in [0.15, 0.2) is 24.3 Å². The van der Waals surface area contributed by atoms with E-state index < -0.39 is 6.09 Å². The molecule has 0 bridgehead atoms. The molecule has 86 valence electrons. The number of carbonyl (C=O) groups is 1. The van der Waals surface area contributed by atoms with Crippen LogP contribution in [-0.2, 0) is 6.42 Å². The van der Waals surface area contributed by atoms with Gasteiger partial charge in [-0.05, 0) is 17.7 Å². The molecule has 0 aliphatic rings. The van der Waals surface area contributed by atoms with Gasteiger partial charge in [0.05, 0.1) is 12.1 Å². The Morgan fingerprint density at radius 2 is 2.00 bits per heavy atom. The average Bonchev–Trinajstić information content (AvgIpc) is 2.27. The third kappa shape index (κ3) is 4.14. The van der Waals surface area contributed by atoms with Crippen LogP contribution in [0.25, 0.3) is 0 Å². The van der Waals surface area contributed by atoms with Crippen molar-refractivity contribution >= 4 is 23.3 Å². The lowest BCUT2D eigenvalue weighted by Gasteiger charge is -2.07. The zero-order chi connectivity index (χ0) is 12.0. The molecule has 1 rings (SSSR count). The molecule has 0 radical (unpaired) electrons. The minimum absolute atomic E-state index is 0.410. The summed E-state index contributed by atoms with van der Waals surface area (Å²) in [5.41, 5.74) is 5.38. The van der Waals surface area contributed by atoms with Crippen LogP contribution in [-0.4, -0.2) is 23.3 Å². The Kier molecular flexibility index (Phi) is 4.53. The van der Waals surface area contributed by atoms with E-state index in [4.69, 9.17) is 22.1 Å². The van der Waals surface area contributed by atoms with Gasteiger partial charge in [0.1, 0.15) is 5.75 Å². The maximum Gasteiger partial charge on any atom is 0.423 e. The number of nitrogens with one attached hydrogen (secondary N) is 2. The fraction of sp³-hybridized carbons (Fsp3) is 0.200. The number of ether oxygens (including phenoxy) is 1. The van der Waals surface area contributed by atoms with Crippen LogP contribution in [0.5, 0.6) is 5.75 Å². The maximum absolute atomic E-state index is 10.2. The summed E-state index contributed by atoms with van der Waals surface area (Å²) >= 11 is 4.95. The van der Waals surface area contributed by atoms with E-state index in [2.05, 4.69) is 5.43 Å². The van der Waals surface area contributed by atoms with Crippen molar-refractivity contribution in [2.75, 3.05) is 7.11 Å². The second-order valence-electron chi connectivity index (χ2n) is 3.00. The second-order valence-corrected chi connectivity index (χ2v) is 3.50. The molecule has 16 heavy (non-hydrogen) atoms. The summed E-state index contributed by atoms with van der Waals surface area (Å²) in [5, 5.41) is 8.35. The van der Waals surface area contributed by atoms with Crippen LogP contribution in [0, 0.1) is 0 Å². The monoisotopic (exact) mass is 240 g/mol. The molecular formula is C10H12N2O3S. The fourth-order valence-electron chi connectivity index (χ4n) is 1.10. The van der Waals surface area contributed by atoms with Gasteiger partial charge in [-0.1, -0.05) is 24.4 Å². The van der Waals surface area contributed by atoms with Crippen molar-refractivity contribution in [2.24, 2.45) is 0 Å². The number of hydrogen-bond acceptors (Lipinski definition) is 3. The van der Waals surface area contributed by atoms with Crippen LogP contribution >= 0.6 is 12.2 Å². The van der Waals surface area contributed by atoms with Crippen molar-refractivity contribution in [3.05, 3.63) is 29.8 Å². The van der Waals surface area contributed by atoms with Crippen LogP contribution in [0.4, 0.5) is 4.79 Å². The standard InChI is InChI=1S/C10H12N2O3S/c1-15-8-4-2-7(3-5-8)6-9(16)11-12-10(13)14/h2-5,12H,6H2,1H3,(H,11,16)(H,13,14). The van der Waals surface area contributed by atoms with Crippen LogP contribution < -0.4 is 15.6 Å². The molecule has 6 heteroatoms. The van der Waals surface area contributed by atoms with Crippen molar-refractivity contribution in [1.82, 2.24) is 10.9 Å². The molecule has 0 fully saturated rings.